The van der Waals surface area contributed by atoms with Crippen LogP contribution in [0.2, 0.25) is 6.04 Å². The molecule has 88 valence electrons. The highest BCUT2D eigenvalue weighted by molar-refractivity contribution is 6.54. The fraction of sp³-hybridized carbons (Fsp3) is 0.429. The lowest BCUT2D eigenvalue weighted by Gasteiger charge is -2.12. The van der Waals surface area contributed by atoms with E-state index in [2.05, 4.69) is 43.9 Å². The van der Waals surface area contributed by atoms with Crippen molar-refractivity contribution in [3.63, 3.8) is 0 Å². The van der Waals surface area contributed by atoms with E-state index >= 15 is 0 Å². The Kier molecular flexibility index (Phi) is 5.94. The fourth-order valence-electron chi connectivity index (χ4n) is 1.98. The van der Waals surface area contributed by atoms with Crippen molar-refractivity contribution in [1.82, 2.24) is 0 Å². The van der Waals surface area contributed by atoms with E-state index in [0.717, 1.165) is 6.54 Å². The van der Waals surface area contributed by atoms with Gasteiger partial charge in [0, 0.05) is 12.2 Å². The summed E-state index contributed by atoms with van der Waals surface area (Å²) in [6.07, 6.45) is 4.68. The van der Waals surface area contributed by atoms with Gasteiger partial charge in [0.15, 0.2) is 0 Å². The first-order valence-corrected chi connectivity index (χ1v) is 8.02. The molecule has 1 N–H and O–H groups in total. The number of hydrogen-bond acceptors (Lipinski definition) is 1. The van der Waals surface area contributed by atoms with E-state index in [1.807, 2.05) is 6.08 Å². The van der Waals surface area contributed by atoms with Crippen LogP contribution < -0.4 is 10.5 Å². The summed E-state index contributed by atoms with van der Waals surface area (Å²) in [6.45, 7) is 9.31. The third kappa shape index (κ3) is 3.53. The Labute approximate surface area is 102 Å². The maximum absolute atomic E-state index is 3.94. The van der Waals surface area contributed by atoms with Crippen LogP contribution in [0.25, 0.3) is 6.08 Å². The van der Waals surface area contributed by atoms with Crippen molar-refractivity contribution in [3.8, 4) is 0 Å². The second-order valence-corrected chi connectivity index (χ2v) is 6.04. The Balaban J connectivity index is 2.81. The molecule has 0 aliphatic heterocycles. The largest absolute Gasteiger partial charge is 0.385 e. The van der Waals surface area contributed by atoms with E-state index in [0.29, 0.717) is 0 Å². The minimum absolute atomic E-state index is 0.112. The van der Waals surface area contributed by atoms with Gasteiger partial charge in [-0.15, -0.1) is 0 Å². The third-order valence-electron chi connectivity index (χ3n) is 2.82. The molecule has 2 heteroatoms. The van der Waals surface area contributed by atoms with Gasteiger partial charge < -0.3 is 5.32 Å². The number of anilines is 1. The zero-order chi connectivity index (χ0) is 11.8. The summed E-state index contributed by atoms with van der Waals surface area (Å²) in [6, 6.07) is 8.00. The van der Waals surface area contributed by atoms with Crippen LogP contribution in [0.4, 0.5) is 5.69 Å². The van der Waals surface area contributed by atoms with Crippen molar-refractivity contribution >= 4 is 26.5 Å². The Morgan fingerprint density at radius 3 is 2.81 bits per heavy atom. The Bertz CT molecular complexity index is 334. The van der Waals surface area contributed by atoms with Gasteiger partial charge in [-0.05, 0) is 18.6 Å². The van der Waals surface area contributed by atoms with E-state index < -0.39 is 0 Å². The minimum Gasteiger partial charge on any atom is -0.385 e. The highest BCUT2D eigenvalue weighted by atomic mass is 28.2. The molecular weight excluding hydrogens is 210 g/mol. The summed E-state index contributed by atoms with van der Waals surface area (Å²) in [5.41, 5.74) is 2.59. The molecule has 0 saturated heterocycles. The number of rotatable bonds is 7. The summed E-state index contributed by atoms with van der Waals surface area (Å²) >= 11 is 0. The van der Waals surface area contributed by atoms with Crippen LogP contribution in [-0.2, 0) is 0 Å². The van der Waals surface area contributed by atoms with E-state index in [1.165, 1.54) is 30.1 Å². The van der Waals surface area contributed by atoms with Gasteiger partial charge in [-0.25, -0.2) is 0 Å². The number of hydrogen-bond donors (Lipinski definition) is 1. The molecule has 0 aromatic heterocycles. The molecule has 0 aliphatic carbocycles. The summed E-state index contributed by atoms with van der Waals surface area (Å²) in [5, 5.41) is 4.97. The molecule has 0 fully saturated rings. The monoisotopic (exact) mass is 233 g/mol. The lowest BCUT2D eigenvalue weighted by molar-refractivity contribution is 0.881. The summed E-state index contributed by atoms with van der Waals surface area (Å²) in [4.78, 5) is 0. The highest BCUT2D eigenvalue weighted by Crippen LogP contribution is 2.14. The van der Waals surface area contributed by atoms with Crippen LogP contribution in [0.15, 0.2) is 24.8 Å². The molecule has 1 aromatic rings. The van der Waals surface area contributed by atoms with Gasteiger partial charge in [0.2, 0.25) is 0 Å². The van der Waals surface area contributed by atoms with Crippen molar-refractivity contribution in [2.75, 3.05) is 11.9 Å². The average molecular weight is 233 g/mol. The lowest BCUT2D eigenvalue weighted by Crippen LogP contribution is -2.18. The van der Waals surface area contributed by atoms with Gasteiger partial charge >= 0.3 is 0 Å². The van der Waals surface area contributed by atoms with E-state index in [1.54, 1.807) is 5.19 Å². The zero-order valence-corrected chi connectivity index (χ0v) is 12.0. The number of benzene rings is 1. The molecule has 0 radical (unpaired) electrons. The minimum atomic E-state index is -0.112. The Morgan fingerprint density at radius 2 is 2.19 bits per heavy atom. The first kappa shape index (κ1) is 13.0. The van der Waals surface area contributed by atoms with E-state index in [-0.39, 0.29) is 9.52 Å². The molecule has 1 aromatic carbocycles. The molecular formula is C14H23NSi. The first-order chi connectivity index (χ1) is 7.83. The standard InChI is InChI=1S/C14H23NSi/c1-4-7-11-16-14-10-8-9-13(15-6-3)12(14)5-2/h5,8-10,15H,2,4,6-7,11,16H2,1,3H3. The van der Waals surface area contributed by atoms with Crippen LogP contribution in [-0.4, -0.2) is 16.1 Å². The average Bonchev–Trinajstić information content (AvgIpc) is 2.30. The van der Waals surface area contributed by atoms with Crippen molar-refractivity contribution in [2.45, 2.75) is 32.7 Å². The molecule has 0 amide bonds. The molecule has 1 nitrogen and oxygen atoms in total. The van der Waals surface area contributed by atoms with Crippen LogP contribution in [0.5, 0.6) is 0 Å². The summed E-state index contributed by atoms with van der Waals surface area (Å²) in [7, 11) is -0.112. The van der Waals surface area contributed by atoms with Crippen molar-refractivity contribution in [3.05, 3.63) is 30.3 Å². The molecule has 16 heavy (non-hydrogen) atoms. The Hall–Kier alpha value is -1.02. The highest BCUT2D eigenvalue weighted by Gasteiger charge is 2.04. The van der Waals surface area contributed by atoms with Crippen molar-refractivity contribution in [2.24, 2.45) is 0 Å². The quantitative estimate of drug-likeness (QED) is 0.564. The van der Waals surface area contributed by atoms with Gasteiger partial charge in [-0.1, -0.05) is 55.8 Å². The summed E-state index contributed by atoms with van der Waals surface area (Å²) in [5.74, 6) is 0. The van der Waals surface area contributed by atoms with Gasteiger partial charge in [0.25, 0.3) is 0 Å². The number of nitrogens with one attached hydrogen (secondary N) is 1. The molecule has 1 rings (SSSR count). The van der Waals surface area contributed by atoms with Crippen LogP contribution in [0.1, 0.15) is 32.3 Å². The van der Waals surface area contributed by atoms with Gasteiger partial charge in [0.1, 0.15) is 0 Å². The summed E-state index contributed by atoms with van der Waals surface area (Å²) < 4.78 is 0. The predicted octanol–water partition coefficient (Wildman–Crippen LogP) is 2.77. The van der Waals surface area contributed by atoms with Crippen molar-refractivity contribution < 1.29 is 0 Å². The fourth-order valence-corrected chi connectivity index (χ4v) is 4.02. The topological polar surface area (TPSA) is 12.0 Å². The van der Waals surface area contributed by atoms with Gasteiger partial charge in [-0.3, -0.25) is 0 Å². The van der Waals surface area contributed by atoms with Crippen LogP contribution in [0, 0.1) is 0 Å². The smallest absolute Gasteiger partial charge is 0.0556 e. The van der Waals surface area contributed by atoms with E-state index in [4.69, 9.17) is 0 Å². The zero-order valence-electron chi connectivity index (χ0n) is 10.6. The van der Waals surface area contributed by atoms with Crippen molar-refractivity contribution in [1.29, 1.82) is 0 Å². The van der Waals surface area contributed by atoms with Gasteiger partial charge in [-0.2, -0.15) is 0 Å². The Morgan fingerprint density at radius 1 is 1.38 bits per heavy atom. The normalized spacial score (nSPS) is 10.9. The predicted molar refractivity (Wildman–Crippen MR) is 78.6 cm³/mol. The maximum atomic E-state index is 3.94. The second-order valence-electron chi connectivity index (χ2n) is 4.07. The second kappa shape index (κ2) is 7.28. The first-order valence-electron chi connectivity index (χ1n) is 6.31. The molecule has 0 spiro atoms. The molecule has 0 bridgehead atoms. The maximum Gasteiger partial charge on any atom is 0.0556 e. The molecule has 0 saturated carbocycles. The molecule has 0 heterocycles. The van der Waals surface area contributed by atoms with Crippen LogP contribution in [0.3, 0.4) is 0 Å². The molecule has 0 atom stereocenters. The van der Waals surface area contributed by atoms with E-state index in [9.17, 15) is 0 Å². The SMILES string of the molecule is C=Cc1c(NCC)cccc1[SiH2]CCCC. The number of unbranched alkanes of at least 4 members (excludes halogenated alkanes) is 1. The molecule has 0 aliphatic rings. The third-order valence-corrected chi connectivity index (χ3v) is 4.83. The van der Waals surface area contributed by atoms with Crippen LogP contribution >= 0.6 is 0 Å². The molecule has 0 unspecified atom stereocenters. The lowest BCUT2D eigenvalue weighted by atomic mass is 10.1. The van der Waals surface area contributed by atoms with Gasteiger partial charge in [0.05, 0.1) is 9.52 Å².